The maximum atomic E-state index is 5.60. The molecule has 0 aliphatic heterocycles. The van der Waals surface area contributed by atoms with E-state index in [2.05, 4.69) is 44.9 Å². The number of rotatable bonds is 7. The van der Waals surface area contributed by atoms with Gasteiger partial charge in [-0.25, -0.2) is 0 Å². The van der Waals surface area contributed by atoms with E-state index in [-0.39, 0.29) is 0 Å². The average molecular weight is 349 g/mol. The molecule has 1 saturated carbocycles. The Kier molecular flexibility index (Phi) is 5.50. The summed E-state index contributed by atoms with van der Waals surface area (Å²) >= 11 is 0. The molecule has 26 heavy (non-hydrogen) atoms. The molecular weight excluding hydrogens is 322 g/mol. The predicted octanol–water partition coefficient (Wildman–Crippen LogP) is 5.18. The standard InChI is InChI=1S/C22H27N3O/c1-2-8-20(9-3-1)25-13-5-10-21(25)17-24(18-22-11-6-14-26-22)16-19-7-4-12-23-15-19/h4-7,10-15,20H,1-3,8-9,16-18H2. The van der Waals surface area contributed by atoms with Gasteiger partial charge >= 0.3 is 0 Å². The number of furan rings is 1. The van der Waals surface area contributed by atoms with Gasteiger partial charge in [0.15, 0.2) is 0 Å². The molecule has 4 heteroatoms. The lowest BCUT2D eigenvalue weighted by molar-refractivity contribution is 0.216. The minimum absolute atomic E-state index is 0.664. The van der Waals surface area contributed by atoms with Crippen molar-refractivity contribution in [3.8, 4) is 0 Å². The largest absolute Gasteiger partial charge is 0.468 e. The van der Waals surface area contributed by atoms with Gasteiger partial charge in [0.25, 0.3) is 0 Å². The molecule has 0 radical (unpaired) electrons. The van der Waals surface area contributed by atoms with Gasteiger partial charge in [-0.15, -0.1) is 0 Å². The van der Waals surface area contributed by atoms with Gasteiger partial charge in [-0.1, -0.05) is 25.3 Å². The number of hydrogen-bond acceptors (Lipinski definition) is 3. The Morgan fingerprint density at radius 1 is 1.00 bits per heavy atom. The van der Waals surface area contributed by atoms with Crippen LogP contribution >= 0.6 is 0 Å². The second-order valence-electron chi connectivity index (χ2n) is 7.28. The highest BCUT2D eigenvalue weighted by molar-refractivity contribution is 5.12. The molecule has 4 nitrogen and oxygen atoms in total. The molecule has 0 unspecified atom stereocenters. The predicted molar refractivity (Wildman–Crippen MR) is 102 cm³/mol. The molecule has 0 amide bonds. The van der Waals surface area contributed by atoms with Crippen molar-refractivity contribution in [2.24, 2.45) is 0 Å². The highest BCUT2D eigenvalue weighted by atomic mass is 16.3. The monoisotopic (exact) mass is 349 g/mol. The fourth-order valence-corrected chi connectivity index (χ4v) is 4.05. The molecule has 4 rings (SSSR count). The van der Waals surface area contributed by atoms with Crippen molar-refractivity contribution in [2.75, 3.05) is 0 Å². The summed E-state index contributed by atoms with van der Waals surface area (Å²) in [5.41, 5.74) is 2.63. The lowest BCUT2D eigenvalue weighted by Crippen LogP contribution is -2.25. The van der Waals surface area contributed by atoms with E-state index < -0.39 is 0 Å². The summed E-state index contributed by atoms with van der Waals surface area (Å²) in [6.45, 7) is 2.58. The van der Waals surface area contributed by atoms with Crippen LogP contribution in [-0.2, 0) is 19.6 Å². The van der Waals surface area contributed by atoms with E-state index in [0.717, 1.165) is 25.4 Å². The summed E-state index contributed by atoms with van der Waals surface area (Å²) < 4.78 is 8.11. The lowest BCUT2D eigenvalue weighted by atomic mass is 9.95. The average Bonchev–Trinajstić information content (AvgIpc) is 3.35. The third-order valence-electron chi connectivity index (χ3n) is 5.31. The van der Waals surface area contributed by atoms with Gasteiger partial charge in [0, 0.05) is 43.4 Å². The van der Waals surface area contributed by atoms with E-state index in [0.29, 0.717) is 6.04 Å². The Bertz CT molecular complexity index is 773. The van der Waals surface area contributed by atoms with Crippen molar-refractivity contribution < 1.29 is 4.42 Å². The summed E-state index contributed by atoms with van der Waals surface area (Å²) in [6.07, 6.45) is 14.5. The Morgan fingerprint density at radius 2 is 1.92 bits per heavy atom. The summed E-state index contributed by atoms with van der Waals surface area (Å²) in [6, 6.07) is 13.3. The van der Waals surface area contributed by atoms with E-state index in [1.165, 1.54) is 43.4 Å². The molecule has 1 fully saturated rings. The Balaban J connectivity index is 1.51. The SMILES string of the molecule is c1cncc(CN(Cc2ccco2)Cc2cccn2C2CCCCC2)c1. The van der Waals surface area contributed by atoms with Crippen molar-refractivity contribution in [3.63, 3.8) is 0 Å². The summed E-state index contributed by atoms with van der Waals surface area (Å²) in [5.74, 6) is 1.00. The Hall–Kier alpha value is -2.33. The first kappa shape index (κ1) is 17.1. The minimum Gasteiger partial charge on any atom is -0.468 e. The van der Waals surface area contributed by atoms with E-state index in [9.17, 15) is 0 Å². The molecule has 0 spiro atoms. The van der Waals surface area contributed by atoms with Crippen LogP contribution in [0.25, 0.3) is 0 Å². The maximum Gasteiger partial charge on any atom is 0.117 e. The van der Waals surface area contributed by atoms with E-state index in [1.807, 2.05) is 24.5 Å². The van der Waals surface area contributed by atoms with Crippen LogP contribution < -0.4 is 0 Å². The van der Waals surface area contributed by atoms with Crippen LogP contribution in [0.2, 0.25) is 0 Å². The fraction of sp³-hybridized carbons (Fsp3) is 0.409. The number of aromatic nitrogens is 2. The van der Waals surface area contributed by atoms with Crippen LogP contribution in [0.4, 0.5) is 0 Å². The molecule has 0 saturated heterocycles. The van der Waals surface area contributed by atoms with Crippen molar-refractivity contribution in [2.45, 2.75) is 57.8 Å². The van der Waals surface area contributed by atoms with Crippen LogP contribution in [0, 0.1) is 0 Å². The second kappa shape index (κ2) is 8.37. The topological polar surface area (TPSA) is 34.2 Å². The third kappa shape index (κ3) is 4.25. The first-order chi connectivity index (χ1) is 12.9. The molecule has 0 atom stereocenters. The molecule has 136 valence electrons. The fourth-order valence-electron chi connectivity index (χ4n) is 4.05. The number of hydrogen-bond donors (Lipinski definition) is 0. The molecule has 3 aromatic rings. The van der Waals surface area contributed by atoms with Gasteiger partial charge in [-0.3, -0.25) is 9.88 Å². The van der Waals surface area contributed by atoms with Crippen LogP contribution in [0.5, 0.6) is 0 Å². The number of nitrogens with zero attached hydrogens (tertiary/aromatic N) is 3. The highest BCUT2D eigenvalue weighted by Crippen LogP contribution is 2.30. The van der Waals surface area contributed by atoms with Crippen LogP contribution in [0.3, 0.4) is 0 Å². The van der Waals surface area contributed by atoms with E-state index in [1.54, 1.807) is 6.26 Å². The highest BCUT2D eigenvalue weighted by Gasteiger charge is 2.19. The second-order valence-corrected chi connectivity index (χ2v) is 7.28. The lowest BCUT2D eigenvalue weighted by Gasteiger charge is -2.28. The van der Waals surface area contributed by atoms with E-state index >= 15 is 0 Å². The van der Waals surface area contributed by atoms with Crippen molar-refractivity contribution >= 4 is 0 Å². The van der Waals surface area contributed by atoms with Gasteiger partial charge in [0.05, 0.1) is 12.8 Å². The minimum atomic E-state index is 0.664. The van der Waals surface area contributed by atoms with Crippen molar-refractivity contribution in [3.05, 3.63) is 78.3 Å². The molecule has 3 aromatic heterocycles. The Morgan fingerprint density at radius 3 is 2.69 bits per heavy atom. The van der Waals surface area contributed by atoms with Gasteiger partial charge in [-0.05, 0) is 48.7 Å². The summed E-state index contributed by atoms with van der Waals surface area (Å²) in [5, 5.41) is 0. The summed E-state index contributed by atoms with van der Waals surface area (Å²) in [7, 11) is 0. The zero-order chi connectivity index (χ0) is 17.6. The first-order valence-electron chi connectivity index (χ1n) is 9.68. The maximum absolute atomic E-state index is 5.60. The van der Waals surface area contributed by atoms with E-state index in [4.69, 9.17) is 4.42 Å². The zero-order valence-electron chi connectivity index (χ0n) is 15.3. The van der Waals surface area contributed by atoms with Gasteiger partial charge in [0.1, 0.15) is 5.76 Å². The Labute approximate surface area is 155 Å². The smallest absolute Gasteiger partial charge is 0.117 e. The van der Waals surface area contributed by atoms with Gasteiger partial charge in [-0.2, -0.15) is 0 Å². The van der Waals surface area contributed by atoms with Crippen molar-refractivity contribution in [1.29, 1.82) is 0 Å². The van der Waals surface area contributed by atoms with Gasteiger partial charge < -0.3 is 8.98 Å². The van der Waals surface area contributed by atoms with Crippen LogP contribution in [0.1, 0.15) is 55.2 Å². The molecule has 1 aliphatic carbocycles. The molecular formula is C22H27N3O. The molecule has 0 aromatic carbocycles. The van der Waals surface area contributed by atoms with Gasteiger partial charge in [0.2, 0.25) is 0 Å². The molecule has 3 heterocycles. The normalized spacial score (nSPS) is 15.6. The van der Waals surface area contributed by atoms with Crippen LogP contribution in [-0.4, -0.2) is 14.5 Å². The molecule has 0 N–H and O–H groups in total. The quantitative estimate of drug-likeness (QED) is 0.589. The third-order valence-corrected chi connectivity index (χ3v) is 5.31. The van der Waals surface area contributed by atoms with Crippen molar-refractivity contribution in [1.82, 2.24) is 14.5 Å². The zero-order valence-corrected chi connectivity index (χ0v) is 15.3. The van der Waals surface area contributed by atoms with Crippen LogP contribution in [0.15, 0.2) is 65.7 Å². The summed E-state index contributed by atoms with van der Waals surface area (Å²) in [4.78, 5) is 6.70. The number of pyridine rings is 1. The molecule has 1 aliphatic rings. The first-order valence-corrected chi connectivity index (χ1v) is 9.68. The molecule has 0 bridgehead atoms.